The molecule has 1 N–H and O–H groups in total. The Labute approximate surface area is 80.9 Å². The Balaban J connectivity index is 4.25. The van der Waals surface area contributed by atoms with Gasteiger partial charge in [0.05, 0.1) is 12.2 Å². The van der Waals surface area contributed by atoms with Gasteiger partial charge in [-0.25, -0.2) is 0 Å². The van der Waals surface area contributed by atoms with Gasteiger partial charge in [-0.3, -0.25) is 0 Å². The molecule has 0 aromatic rings. The predicted octanol–water partition coefficient (Wildman–Crippen LogP) is 2.15. The summed E-state index contributed by atoms with van der Waals surface area (Å²) < 4.78 is 5.04. The first kappa shape index (κ1) is 12.4. The Hall–Kier alpha value is -0.600. The summed E-state index contributed by atoms with van der Waals surface area (Å²) in [6.45, 7) is 9.92. The van der Waals surface area contributed by atoms with Crippen molar-refractivity contribution in [3.05, 3.63) is 24.3 Å². The second kappa shape index (κ2) is 5.20. The fourth-order valence-corrected chi connectivity index (χ4v) is 0.893. The van der Waals surface area contributed by atoms with Gasteiger partial charge >= 0.3 is 0 Å². The maximum atomic E-state index is 9.46. The molecule has 0 amide bonds. The van der Waals surface area contributed by atoms with Gasteiger partial charge in [-0.05, 0) is 20.8 Å². The van der Waals surface area contributed by atoms with Gasteiger partial charge in [0.2, 0.25) is 0 Å². The van der Waals surface area contributed by atoms with E-state index in [-0.39, 0.29) is 5.92 Å². The highest BCUT2D eigenvalue weighted by Crippen LogP contribution is 2.13. The Kier molecular flexibility index (Phi) is 4.96. The number of ether oxygens (including phenoxy) is 1. The molecule has 2 nitrogen and oxygen atoms in total. The van der Waals surface area contributed by atoms with Crippen LogP contribution in [0.3, 0.4) is 0 Å². The van der Waals surface area contributed by atoms with Crippen molar-refractivity contribution in [1.82, 2.24) is 0 Å². The molecule has 0 heterocycles. The first-order chi connectivity index (χ1) is 5.87. The standard InChI is InChI=1S/C11H20O2/c1-9(2)10(8-13-5)6-7-11(3,4)12/h6-7,10,12H,1,8H2,2-5H3/b7-6+/t10-/m0/s1. The highest BCUT2D eigenvalue weighted by Gasteiger charge is 2.09. The molecule has 0 aromatic heterocycles. The van der Waals surface area contributed by atoms with Crippen LogP contribution in [0.5, 0.6) is 0 Å². The highest BCUT2D eigenvalue weighted by molar-refractivity contribution is 5.09. The molecule has 0 unspecified atom stereocenters. The summed E-state index contributed by atoms with van der Waals surface area (Å²) in [6.07, 6.45) is 3.71. The molecule has 0 spiro atoms. The van der Waals surface area contributed by atoms with Crippen LogP contribution < -0.4 is 0 Å². The van der Waals surface area contributed by atoms with Crippen molar-refractivity contribution in [3.8, 4) is 0 Å². The van der Waals surface area contributed by atoms with Crippen molar-refractivity contribution in [2.24, 2.45) is 5.92 Å². The van der Waals surface area contributed by atoms with Crippen molar-refractivity contribution in [1.29, 1.82) is 0 Å². The summed E-state index contributed by atoms with van der Waals surface area (Å²) in [4.78, 5) is 0. The van der Waals surface area contributed by atoms with Gasteiger partial charge in [0.1, 0.15) is 0 Å². The molecule has 1 atom stereocenters. The summed E-state index contributed by atoms with van der Waals surface area (Å²) in [5.41, 5.74) is 0.281. The monoisotopic (exact) mass is 184 g/mol. The van der Waals surface area contributed by atoms with Crippen LogP contribution in [-0.2, 0) is 4.74 Å². The molecule has 0 saturated heterocycles. The second-order valence-corrected chi connectivity index (χ2v) is 3.92. The molecule has 0 aromatic carbocycles. The van der Waals surface area contributed by atoms with Gasteiger partial charge in [-0.2, -0.15) is 0 Å². The topological polar surface area (TPSA) is 29.5 Å². The molecule has 0 radical (unpaired) electrons. The first-order valence-corrected chi connectivity index (χ1v) is 4.43. The summed E-state index contributed by atoms with van der Waals surface area (Å²) in [5, 5.41) is 9.46. The minimum Gasteiger partial charge on any atom is -0.386 e. The van der Waals surface area contributed by atoms with E-state index in [1.165, 1.54) is 0 Å². The lowest BCUT2D eigenvalue weighted by Gasteiger charge is -2.15. The van der Waals surface area contributed by atoms with E-state index in [4.69, 9.17) is 4.74 Å². The van der Waals surface area contributed by atoms with Gasteiger partial charge in [0, 0.05) is 13.0 Å². The third-order valence-electron chi connectivity index (χ3n) is 1.72. The number of rotatable bonds is 5. The quantitative estimate of drug-likeness (QED) is 0.663. The average molecular weight is 184 g/mol. The predicted molar refractivity (Wildman–Crippen MR) is 55.6 cm³/mol. The first-order valence-electron chi connectivity index (χ1n) is 4.43. The zero-order chi connectivity index (χ0) is 10.5. The molecular weight excluding hydrogens is 164 g/mol. The summed E-state index contributed by atoms with van der Waals surface area (Å²) in [7, 11) is 1.66. The largest absolute Gasteiger partial charge is 0.386 e. The maximum Gasteiger partial charge on any atom is 0.0771 e. The van der Waals surface area contributed by atoms with Crippen LogP contribution in [0.4, 0.5) is 0 Å². The number of methoxy groups -OCH3 is 1. The van der Waals surface area contributed by atoms with Gasteiger partial charge < -0.3 is 9.84 Å². The Bertz CT molecular complexity index is 187. The van der Waals surface area contributed by atoms with Crippen LogP contribution in [0.25, 0.3) is 0 Å². The second-order valence-electron chi connectivity index (χ2n) is 3.92. The van der Waals surface area contributed by atoms with Crippen molar-refractivity contribution in [2.75, 3.05) is 13.7 Å². The smallest absolute Gasteiger partial charge is 0.0771 e. The molecule has 0 rings (SSSR count). The minimum atomic E-state index is -0.762. The van der Waals surface area contributed by atoms with Crippen LogP contribution in [-0.4, -0.2) is 24.4 Å². The SMILES string of the molecule is C=C(C)[C@@H](/C=C/C(C)(C)O)COC. The fourth-order valence-electron chi connectivity index (χ4n) is 0.893. The number of aliphatic hydroxyl groups is 1. The molecule has 0 aliphatic rings. The molecule has 0 aliphatic heterocycles. The lowest BCUT2D eigenvalue weighted by atomic mass is 9.99. The Morgan fingerprint density at radius 3 is 2.46 bits per heavy atom. The van der Waals surface area contributed by atoms with E-state index < -0.39 is 5.60 Å². The van der Waals surface area contributed by atoms with Crippen LogP contribution >= 0.6 is 0 Å². The van der Waals surface area contributed by atoms with Gasteiger partial charge in [0.25, 0.3) is 0 Å². The molecule has 0 fully saturated rings. The van der Waals surface area contributed by atoms with Crippen molar-refractivity contribution in [2.45, 2.75) is 26.4 Å². The zero-order valence-electron chi connectivity index (χ0n) is 9.00. The molecule has 0 saturated carbocycles. The number of hydrogen-bond donors (Lipinski definition) is 1. The van der Waals surface area contributed by atoms with Crippen LogP contribution in [0.2, 0.25) is 0 Å². The molecule has 2 heteroatoms. The van der Waals surface area contributed by atoms with E-state index in [0.717, 1.165) is 5.57 Å². The number of hydrogen-bond acceptors (Lipinski definition) is 2. The molecule has 0 bridgehead atoms. The summed E-state index contributed by atoms with van der Waals surface area (Å²) >= 11 is 0. The molecule has 0 aliphatic carbocycles. The van der Waals surface area contributed by atoms with E-state index in [0.29, 0.717) is 6.61 Å². The van der Waals surface area contributed by atoms with Crippen LogP contribution in [0.1, 0.15) is 20.8 Å². The third-order valence-corrected chi connectivity index (χ3v) is 1.72. The fraction of sp³-hybridized carbons (Fsp3) is 0.636. The van der Waals surface area contributed by atoms with E-state index >= 15 is 0 Å². The van der Waals surface area contributed by atoms with Crippen molar-refractivity contribution < 1.29 is 9.84 Å². The van der Waals surface area contributed by atoms with Gasteiger partial charge in [0.15, 0.2) is 0 Å². The van der Waals surface area contributed by atoms with Crippen molar-refractivity contribution >= 4 is 0 Å². The van der Waals surface area contributed by atoms with Gasteiger partial charge in [-0.1, -0.05) is 24.3 Å². The normalized spacial score (nSPS) is 14.8. The maximum absolute atomic E-state index is 9.46. The minimum absolute atomic E-state index is 0.191. The highest BCUT2D eigenvalue weighted by atomic mass is 16.5. The van der Waals surface area contributed by atoms with E-state index in [1.807, 2.05) is 13.0 Å². The molecular formula is C11H20O2. The van der Waals surface area contributed by atoms with E-state index in [1.54, 1.807) is 27.0 Å². The average Bonchev–Trinajstić information content (AvgIpc) is 1.95. The lowest BCUT2D eigenvalue weighted by Crippen LogP contribution is -2.15. The molecule has 76 valence electrons. The lowest BCUT2D eigenvalue weighted by molar-refractivity contribution is 0.131. The Morgan fingerprint density at radius 2 is 2.15 bits per heavy atom. The van der Waals surface area contributed by atoms with Crippen molar-refractivity contribution in [3.63, 3.8) is 0 Å². The Morgan fingerprint density at radius 1 is 1.62 bits per heavy atom. The summed E-state index contributed by atoms with van der Waals surface area (Å²) in [5.74, 6) is 0.191. The van der Waals surface area contributed by atoms with Crippen LogP contribution in [0, 0.1) is 5.92 Å². The zero-order valence-corrected chi connectivity index (χ0v) is 9.00. The van der Waals surface area contributed by atoms with Crippen LogP contribution in [0.15, 0.2) is 24.3 Å². The van der Waals surface area contributed by atoms with Gasteiger partial charge in [-0.15, -0.1) is 0 Å². The van der Waals surface area contributed by atoms with E-state index in [2.05, 4.69) is 6.58 Å². The molecule has 13 heavy (non-hydrogen) atoms. The third kappa shape index (κ3) is 6.55. The summed E-state index contributed by atoms with van der Waals surface area (Å²) in [6, 6.07) is 0. The van der Waals surface area contributed by atoms with E-state index in [9.17, 15) is 5.11 Å².